The highest BCUT2D eigenvalue weighted by molar-refractivity contribution is 6.32. The van der Waals surface area contributed by atoms with Crippen LogP contribution in [0.3, 0.4) is 0 Å². The molecule has 2 N–H and O–H groups in total. The molecule has 0 aliphatic carbocycles. The van der Waals surface area contributed by atoms with Gasteiger partial charge in [0, 0.05) is 19.3 Å². The Morgan fingerprint density at radius 2 is 1.76 bits per heavy atom. The van der Waals surface area contributed by atoms with E-state index in [1.165, 1.54) is 6.42 Å². The Kier molecular flexibility index (Phi) is 3.88. The predicted molar refractivity (Wildman–Crippen MR) is 87.5 cm³/mol. The third-order valence-corrected chi connectivity index (χ3v) is 4.20. The number of pyridine rings is 1. The molecule has 0 bridgehead atoms. The Hall–Kier alpha value is -1.94. The van der Waals surface area contributed by atoms with E-state index in [0.29, 0.717) is 22.1 Å². The molecule has 1 saturated heterocycles. The van der Waals surface area contributed by atoms with Crippen molar-refractivity contribution in [3.8, 4) is 5.69 Å². The second-order valence-electron chi connectivity index (χ2n) is 5.29. The fourth-order valence-electron chi connectivity index (χ4n) is 2.81. The number of hydrogen-bond donors (Lipinski definition) is 1. The molecule has 0 amide bonds. The topological polar surface area (TPSA) is 51.3 Å². The van der Waals surface area contributed by atoms with Crippen molar-refractivity contribution in [3.63, 3.8) is 0 Å². The minimum Gasteiger partial charge on any atom is -0.397 e. The minimum absolute atomic E-state index is 0.106. The number of nitrogens with two attached hydrogens (primary N) is 1. The van der Waals surface area contributed by atoms with E-state index < -0.39 is 0 Å². The summed E-state index contributed by atoms with van der Waals surface area (Å²) in [4.78, 5) is 14.9. The van der Waals surface area contributed by atoms with Crippen LogP contribution in [-0.4, -0.2) is 17.7 Å². The van der Waals surface area contributed by atoms with E-state index >= 15 is 0 Å². The predicted octanol–water partition coefficient (Wildman–Crippen LogP) is 3.06. The van der Waals surface area contributed by atoms with Crippen LogP contribution in [0.15, 0.2) is 41.3 Å². The molecule has 0 spiro atoms. The molecule has 1 aliphatic heterocycles. The minimum atomic E-state index is -0.106. The van der Waals surface area contributed by atoms with Crippen molar-refractivity contribution < 1.29 is 0 Å². The number of rotatable bonds is 2. The second kappa shape index (κ2) is 5.82. The maximum atomic E-state index is 12.8. The molecule has 0 radical (unpaired) electrons. The number of hydrogen-bond acceptors (Lipinski definition) is 3. The Morgan fingerprint density at radius 3 is 2.48 bits per heavy atom. The van der Waals surface area contributed by atoms with Crippen molar-refractivity contribution in [1.29, 1.82) is 0 Å². The highest BCUT2D eigenvalue weighted by Crippen LogP contribution is 2.24. The third kappa shape index (κ3) is 2.63. The first-order chi connectivity index (χ1) is 10.2. The summed E-state index contributed by atoms with van der Waals surface area (Å²) in [7, 11) is 0. The summed E-state index contributed by atoms with van der Waals surface area (Å²) < 4.78 is 1.57. The van der Waals surface area contributed by atoms with Crippen LogP contribution in [0.1, 0.15) is 19.3 Å². The molecule has 110 valence electrons. The lowest BCUT2D eigenvalue weighted by Crippen LogP contribution is -2.36. The molecule has 0 unspecified atom stereocenters. The monoisotopic (exact) mass is 303 g/mol. The first kappa shape index (κ1) is 14.0. The van der Waals surface area contributed by atoms with Crippen molar-refractivity contribution in [2.24, 2.45) is 0 Å². The quantitative estimate of drug-likeness (QED) is 0.927. The largest absolute Gasteiger partial charge is 0.397 e. The molecular weight excluding hydrogens is 286 g/mol. The van der Waals surface area contributed by atoms with Crippen molar-refractivity contribution in [2.45, 2.75) is 19.3 Å². The molecule has 0 saturated carbocycles. The van der Waals surface area contributed by atoms with Gasteiger partial charge in [-0.3, -0.25) is 9.36 Å². The summed E-state index contributed by atoms with van der Waals surface area (Å²) in [5, 5.41) is 0.550. The van der Waals surface area contributed by atoms with Gasteiger partial charge in [-0.1, -0.05) is 23.7 Å². The Balaban J connectivity index is 2.12. The first-order valence-corrected chi connectivity index (χ1v) is 7.57. The zero-order valence-electron chi connectivity index (χ0n) is 11.8. The van der Waals surface area contributed by atoms with Gasteiger partial charge < -0.3 is 10.6 Å². The first-order valence-electron chi connectivity index (χ1n) is 7.19. The SMILES string of the molecule is Nc1ccn(-c2ccccc2Cl)c(=O)c1N1CCCCC1. The summed E-state index contributed by atoms with van der Waals surface area (Å²) in [6, 6.07) is 9.10. The smallest absolute Gasteiger partial charge is 0.280 e. The molecular formula is C16H18ClN3O. The van der Waals surface area contributed by atoms with Crippen molar-refractivity contribution >= 4 is 23.0 Å². The van der Waals surface area contributed by atoms with Gasteiger partial charge in [0.1, 0.15) is 5.69 Å². The van der Waals surface area contributed by atoms with E-state index in [2.05, 4.69) is 4.90 Å². The molecule has 1 aliphatic rings. The van der Waals surface area contributed by atoms with E-state index in [0.717, 1.165) is 25.9 Å². The summed E-state index contributed by atoms with van der Waals surface area (Å²) in [6.45, 7) is 1.76. The van der Waals surface area contributed by atoms with Crippen LogP contribution in [0.2, 0.25) is 5.02 Å². The van der Waals surface area contributed by atoms with E-state index in [-0.39, 0.29) is 5.56 Å². The average Bonchev–Trinajstić information content (AvgIpc) is 2.50. The van der Waals surface area contributed by atoms with Gasteiger partial charge in [-0.2, -0.15) is 0 Å². The van der Waals surface area contributed by atoms with Crippen molar-refractivity contribution in [3.05, 3.63) is 51.9 Å². The van der Waals surface area contributed by atoms with Crippen molar-refractivity contribution in [2.75, 3.05) is 23.7 Å². The lowest BCUT2D eigenvalue weighted by atomic mass is 10.1. The van der Waals surface area contributed by atoms with Crippen LogP contribution in [-0.2, 0) is 0 Å². The number of benzene rings is 1. The number of halogens is 1. The summed E-state index contributed by atoms with van der Waals surface area (Å²) in [5.74, 6) is 0. The van der Waals surface area contributed by atoms with Crippen LogP contribution in [0.25, 0.3) is 5.69 Å². The number of aromatic nitrogens is 1. The normalized spacial score (nSPS) is 15.2. The van der Waals surface area contributed by atoms with Gasteiger partial charge in [0.2, 0.25) is 0 Å². The highest BCUT2D eigenvalue weighted by Gasteiger charge is 2.19. The number of nitrogen functional groups attached to an aromatic ring is 1. The highest BCUT2D eigenvalue weighted by atomic mass is 35.5. The second-order valence-corrected chi connectivity index (χ2v) is 5.70. The van der Waals surface area contributed by atoms with Gasteiger partial charge in [-0.05, 0) is 37.5 Å². The Bertz CT molecular complexity index is 705. The van der Waals surface area contributed by atoms with Gasteiger partial charge in [0.05, 0.1) is 16.4 Å². The zero-order valence-corrected chi connectivity index (χ0v) is 12.5. The van der Waals surface area contributed by atoms with Crippen LogP contribution in [0.4, 0.5) is 11.4 Å². The fourth-order valence-corrected chi connectivity index (χ4v) is 3.04. The van der Waals surface area contributed by atoms with Gasteiger partial charge in [-0.15, -0.1) is 0 Å². The molecule has 1 fully saturated rings. The van der Waals surface area contributed by atoms with Crippen molar-refractivity contribution in [1.82, 2.24) is 4.57 Å². The van der Waals surface area contributed by atoms with Crippen LogP contribution in [0, 0.1) is 0 Å². The molecule has 4 nitrogen and oxygen atoms in total. The molecule has 21 heavy (non-hydrogen) atoms. The van der Waals surface area contributed by atoms with E-state index in [1.807, 2.05) is 18.2 Å². The summed E-state index contributed by atoms with van der Waals surface area (Å²) in [6.07, 6.45) is 5.09. The fraction of sp³-hybridized carbons (Fsp3) is 0.312. The molecule has 0 atom stereocenters. The third-order valence-electron chi connectivity index (χ3n) is 3.88. The Labute approximate surface area is 128 Å². The zero-order chi connectivity index (χ0) is 14.8. The maximum Gasteiger partial charge on any atom is 0.280 e. The lowest BCUT2D eigenvalue weighted by Gasteiger charge is -2.29. The molecule has 1 aromatic carbocycles. The molecule has 2 heterocycles. The summed E-state index contributed by atoms with van der Waals surface area (Å²) >= 11 is 6.20. The molecule has 1 aromatic heterocycles. The van der Waals surface area contributed by atoms with Gasteiger partial charge in [0.15, 0.2) is 0 Å². The van der Waals surface area contributed by atoms with Crippen LogP contribution in [0.5, 0.6) is 0 Å². The number of para-hydroxylation sites is 1. The number of anilines is 2. The maximum absolute atomic E-state index is 12.8. The number of nitrogens with zero attached hydrogens (tertiary/aromatic N) is 2. The van der Waals surface area contributed by atoms with Crippen LogP contribution < -0.4 is 16.2 Å². The average molecular weight is 304 g/mol. The Morgan fingerprint density at radius 1 is 1.05 bits per heavy atom. The lowest BCUT2D eigenvalue weighted by molar-refractivity contribution is 0.576. The standard InChI is InChI=1S/C16H18ClN3O/c17-12-6-2-3-7-14(12)20-11-8-13(18)15(16(20)21)19-9-4-1-5-10-19/h2-3,6-8,11H,1,4-5,9-10,18H2. The van der Waals surface area contributed by atoms with E-state index in [9.17, 15) is 4.79 Å². The molecule has 2 aromatic rings. The van der Waals surface area contributed by atoms with Gasteiger partial charge in [-0.25, -0.2) is 0 Å². The van der Waals surface area contributed by atoms with Crippen LogP contribution >= 0.6 is 11.6 Å². The number of piperidine rings is 1. The van der Waals surface area contributed by atoms with Gasteiger partial charge >= 0.3 is 0 Å². The van der Waals surface area contributed by atoms with E-state index in [1.54, 1.807) is 22.9 Å². The molecule has 5 heteroatoms. The molecule has 3 rings (SSSR count). The van der Waals surface area contributed by atoms with E-state index in [4.69, 9.17) is 17.3 Å². The summed E-state index contributed by atoms with van der Waals surface area (Å²) in [5.41, 5.74) is 7.75. The van der Waals surface area contributed by atoms with Gasteiger partial charge in [0.25, 0.3) is 5.56 Å².